The van der Waals surface area contributed by atoms with E-state index < -0.39 is 0 Å². The molecule has 0 aliphatic heterocycles. The standard InChI is InChI=1S/C12H8N6O/c13-11-10(16-19-17-11)12-15-8-6-14-5-4-9(8)18(12)7-2-1-3-7/h1-6H,(H2,13,17). The highest BCUT2D eigenvalue weighted by Gasteiger charge is 2.21. The molecule has 3 aromatic rings. The van der Waals surface area contributed by atoms with Crippen molar-refractivity contribution in [3.05, 3.63) is 36.7 Å². The molecule has 0 bridgehead atoms. The van der Waals surface area contributed by atoms with Crippen molar-refractivity contribution in [3.63, 3.8) is 0 Å². The first-order valence-electron chi connectivity index (χ1n) is 5.64. The molecule has 0 unspecified atom stereocenters. The molecular weight excluding hydrogens is 244 g/mol. The first-order valence-corrected chi connectivity index (χ1v) is 5.64. The van der Waals surface area contributed by atoms with Gasteiger partial charge in [-0.2, -0.15) is 0 Å². The number of imidazole rings is 1. The molecule has 0 fully saturated rings. The van der Waals surface area contributed by atoms with E-state index in [0.717, 1.165) is 16.7 Å². The highest BCUT2D eigenvalue weighted by Crippen LogP contribution is 2.31. The maximum absolute atomic E-state index is 5.75. The molecule has 1 aliphatic rings. The molecule has 1 aliphatic carbocycles. The van der Waals surface area contributed by atoms with E-state index in [1.54, 1.807) is 12.4 Å². The molecule has 0 saturated carbocycles. The van der Waals surface area contributed by atoms with E-state index in [4.69, 9.17) is 5.73 Å². The van der Waals surface area contributed by atoms with Crippen LogP contribution in [0.5, 0.6) is 0 Å². The topological polar surface area (TPSA) is 95.7 Å². The van der Waals surface area contributed by atoms with Gasteiger partial charge in [-0.3, -0.25) is 9.55 Å². The fourth-order valence-corrected chi connectivity index (χ4v) is 2.03. The Balaban J connectivity index is 2.07. The molecule has 0 radical (unpaired) electrons. The van der Waals surface area contributed by atoms with E-state index >= 15 is 0 Å². The third-order valence-corrected chi connectivity index (χ3v) is 2.97. The second-order valence-electron chi connectivity index (χ2n) is 4.08. The van der Waals surface area contributed by atoms with Crippen LogP contribution in [0, 0.1) is 0 Å². The first-order chi connectivity index (χ1) is 9.34. The Labute approximate surface area is 107 Å². The van der Waals surface area contributed by atoms with Crippen molar-refractivity contribution in [1.29, 1.82) is 0 Å². The number of anilines is 1. The van der Waals surface area contributed by atoms with Gasteiger partial charge in [0.25, 0.3) is 0 Å². The summed E-state index contributed by atoms with van der Waals surface area (Å²) in [6.07, 6.45) is 9.33. The summed E-state index contributed by atoms with van der Waals surface area (Å²) in [6.45, 7) is 0. The number of nitrogens with two attached hydrogens (primary N) is 1. The molecule has 0 amide bonds. The zero-order valence-corrected chi connectivity index (χ0v) is 9.69. The number of hydrogen-bond donors (Lipinski definition) is 1. The number of pyridine rings is 1. The summed E-state index contributed by atoms with van der Waals surface area (Å²) in [7, 11) is 0. The van der Waals surface area contributed by atoms with E-state index in [9.17, 15) is 0 Å². The number of nitrogen functional groups attached to an aromatic ring is 1. The third-order valence-electron chi connectivity index (χ3n) is 2.97. The van der Waals surface area contributed by atoms with Crippen molar-refractivity contribution in [2.75, 3.05) is 5.73 Å². The van der Waals surface area contributed by atoms with Gasteiger partial charge in [-0.05, 0) is 28.5 Å². The molecule has 7 nitrogen and oxygen atoms in total. The smallest absolute Gasteiger partial charge is 0.199 e. The Morgan fingerprint density at radius 3 is 2.84 bits per heavy atom. The molecular formula is C12H8N6O. The maximum Gasteiger partial charge on any atom is 0.199 e. The number of fused-ring (bicyclic) bond motifs is 1. The summed E-state index contributed by atoms with van der Waals surface area (Å²) < 4.78 is 6.60. The van der Waals surface area contributed by atoms with E-state index in [2.05, 4.69) is 24.9 Å². The fourth-order valence-electron chi connectivity index (χ4n) is 2.03. The van der Waals surface area contributed by atoms with Crippen LogP contribution < -0.4 is 5.73 Å². The van der Waals surface area contributed by atoms with E-state index in [1.165, 1.54) is 0 Å². The summed E-state index contributed by atoms with van der Waals surface area (Å²) in [5.41, 5.74) is 8.88. The Kier molecular flexibility index (Phi) is 1.85. The van der Waals surface area contributed by atoms with Gasteiger partial charge in [0.05, 0.1) is 11.7 Å². The van der Waals surface area contributed by atoms with Gasteiger partial charge >= 0.3 is 0 Å². The van der Waals surface area contributed by atoms with Gasteiger partial charge in [0.2, 0.25) is 0 Å². The number of aromatic nitrogens is 5. The molecule has 92 valence electrons. The predicted molar refractivity (Wildman–Crippen MR) is 68.6 cm³/mol. The second-order valence-corrected chi connectivity index (χ2v) is 4.08. The van der Waals surface area contributed by atoms with E-state index in [0.29, 0.717) is 11.5 Å². The molecule has 3 aromatic heterocycles. The minimum Gasteiger partial charge on any atom is -0.379 e. The lowest BCUT2D eigenvalue weighted by molar-refractivity contribution is 0.310. The monoisotopic (exact) mass is 252 g/mol. The number of rotatable bonds is 2. The lowest BCUT2D eigenvalue weighted by Gasteiger charge is -2.12. The van der Waals surface area contributed by atoms with Crippen molar-refractivity contribution in [2.45, 2.75) is 0 Å². The zero-order chi connectivity index (χ0) is 12.8. The van der Waals surface area contributed by atoms with Gasteiger partial charge < -0.3 is 5.73 Å². The highest BCUT2D eigenvalue weighted by atomic mass is 16.6. The molecule has 19 heavy (non-hydrogen) atoms. The van der Waals surface area contributed by atoms with Gasteiger partial charge in [-0.1, -0.05) is 6.08 Å². The van der Waals surface area contributed by atoms with Crippen LogP contribution in [-0.2, 0) is 0 Å². The van der Waals surface area contributed by atoms with Crippen LogP contribution in [0.2, 0.25) is 0 Å². The summed E-state index contributed by atoms with van der Waals surface area (Å²) >= 11 is 0. The average Bonchev–Trinajstić information content (AvgIpc) is 2.92. The Morgan fingerprint density at radius 1 is 1.26 bits per heavy atom. The van der Waals surface area contributed by atoms with Crippen molar-refractivity contribution in [2.24, 2.45) is 0 Å². The molecule has 0 saturated heterocycles. The Bertz CT molecular complexity index is 841. The normalized spacial score (nSPS) is 13.6. The minimum atomic E-state index is 0.216. The highest BCUT2D eigenvalue weighted by molar-refractivity contribution is 5.88. The molecule has 2 N–H and O–H groups in total. The van der Waals surface area contributed by atoms with E-state index in [-0.39, 0.29) is 5.82 Å². The average molecular weight is 252 g/mol. The molecule has 0 atom stereocenters. The largest absolute Gasteiger partial charge is 0.379 e. The van der Waals surface area contributed by atoms with Crippen LogP contribution in [0.25, 0.3) is 28.2 Å². The predicted octanol–water partition coefficient (Wildman–Crippen LogP) is 1.47. The van der Waals surface area contributed by atoms with Gasteiger partial charge in [-0.25, -0.2) is 9.61 Å². The SMILES string of the molecule is Nc1nonc1-c1nc2cnccc2n1C1=CC=C1. The van der Waals surface area contributed by atoms with Gasteiger partial charge in [0, 0.05) is 11.9 Å². The van der Waals surface area contributed by atoms with E-state index in [1.807, 2.05) is 28.9 Å². The summed E-state index contributed by atoms with van der Waals surface area (Å²) in [6, 6.07) is 1.89. The Morgan fingerprint density at radius 2 is 2.16 bits per heavy atom. The summed E-state index contributed by atoms with van der Waals surface area (Å²) in [5, 5.41) is 7.41. The number of nitrogens with zero attached hydrogens (tertiary/aromatic N) is 5. The third kappa shape index (κ3) is 1.32. The van der Waals surface area contributed by atoms with Crippen molar-refractivity contribution >= 4 is 22.5 Å². The van der Waals surface area contributed by atoms with Crippen LogP contribution in [-0.4, -0.2) is 24.8 Å². The number of allylic oxidation sites excluding steroid dienone is 4. The van der Waals surface area contributed by atoms with Gasteiger partial charge in [0.1, 0.15) is 5.52 Å². The molecule has 0 aromatic carbocycles. The summed E-state index contributed by atoms with van der Waals surface area (Å²) in [5.74, 6) is 0.811. The lowest BCUT2D eigenvalue weighted by atomic mass is 10.2. The van der Waals surface area contributed by atoms with Crippen LogP contribution >= 0.6 is 0 Å². The Hall–Kier alpha value is -2.96. The fraction of sp³-hybridized carbons (Fsp3) is 0. The molecule has 7 heteroatoms. The van der Waals surface area contributed by atoms with Crippen molar-refractivity contribution in [1.82, 2.24) is 24.8 Å². The molecule has 0 spiro atoms. The van der Waals surface area contributed by atoms with Crippen LogP contribution in [0.15, 0.2) is 41.3 Å². The zero-order valence-electron chi connectivity index (χ0n) is 9.69. The van der Waals surface area contributed by atoms with Gasteiger partial charge in [0.15, 0.2) is 17.3 Å². The molecule has 4 rings (SSSR count). The van der Waals surface area contributed by atoms with Crippen LogP contribution in [0.1, 0.15) is 0 Å². The van der Waals surface area contributed by atoms with Crippen molar-refractivity contribution in [3.8, 4) is 11.5 Å². The second kappa shape index (κ2) is 3.52. The number of hydrogen-bond acceptors (Lipinski definition) is 6. The van der Waals surface area contributed by atoms with Crippen molar-refractivity contribution < 1.29 is 4.63 Å². The van der Waals surface area contributed by atoms with Crippen LogP contribution in [0.3, 0.4) is 0 Å². The van der Waals surface area contributed by atoms with Crippen LogP contribution in [0.4, 0.5) is 5.82 Å². The van der Waals surface area contributed by atoms with Gasteiger partial charge in [-0.15, -0.1) is 0 Å². The molecule has 3 heterocycles. The maximum atomic E-state index is 5.75. The lowest BCUT2D eigenvalue weighted by Crippen LogP contribution is -2.02. The first kappa shape index (κ1) is 10.0. The quantitative estimate of drug-likeness (QED) is 0.742. The minimum absolute atomic E-state index is 0.216. The summed E-state index contributed by atoms with van der Waals surface area (Å²) in [4.78, 5) is 8.57.